The van der Waals surface area contributed by atoms with Crippen LogP contribution in [0, 0.1) is 0 Å². The van der Waals surface area contributed by atoms with E-state index in [0.717, 1.165) is 51.0 Å². The van der Waals surface area contributed by atoms with Crippen LogP contribution in [-0.2, 0) is 9.59 Å². The maximum absolute atomic E-state index is 13.8. The van der Waals surface area contributed by atoms with E-state index in [1.54, 1.807) is 12.2 Å². The second kappa shape index (κ2) is 15.2. The lowest BCUT2D eigenvalue weighted by atomic mass is 9.95. The number of hydrogen-bond acceptors (Lipinski definition) is 4. The van der Waals surface area contributed by atoms with E-state index in [1.165, 1.54) is 24.8 Å². The van der Waals surface area contributed by atoms with Crippen LogP contribution in [0.1, 0.15) is 62.5 Å². The number of nitrogens with zero attached hydrogens (tertiary/aromatic N) is 2. The predicted octanol–water partition coefficient (Wildman–Crippen LogP) is 5.10. The van der Waals surface area contributed by atoms with Gasteiger partial charge in [-0.3, -0.25) is 9.59 Å². The Balaban J connectivity index is 1.38. The van der Waals surface area contributed by atoms with Crippen LogP contribution < -0.4 is 10.6 Å². The van der Waals surface area contributed by atoms with Gasteiger partial charge in [-0.15, -0.1) is 0 Å². The highest BCUT2D eigenvalue weighted by molar-refractivity contribution is 6.30. The van der Waals surface area contributed by atoms with Crippen molar-refractivity contribution in [2.24, 2.45) is 0 Å². The Hall–Kier alpha value is -2.67. The quantitative estimate of drug-likeness (QED) is 0.382. The monoisotopic (exact) mass is 550 g/mol. The maximum atomic E-state index is 13.8. The predicted molar refractivity (Wildman–Crippen MR) is 160 cm³/mol. The molecule has 0 unspecified atom stereocenters. The smallest absolute Gasteiger partial charge is 0.244 e. The first kappa shape index (κ1) is 29.3. The number of benzene rings is 2. The third-order valence-electron chi connectivity index (χ3n) is 8.00. The molecule has 0 spiro atoms. The van der Waals surface area contributed by atoms with Gasteiger partial charge in [-0.05, 0) is 74.5 Å². The molecule has 0 bridgehead atoms. The molecule has 210 valence electrons. The molecule has 2 aromatic carbocycles. The Bertz CT molecular complexity index is 1070. The van der Waals surface area contributed by atoms with E-state index in [0.29, 0.717) is 24.0 Å². The van der Waals surface area contributed by atoms with Gasteiger partial charge >= 0.3 is 0 Å². The van der Waals surface area contributed by atoms with Crippen molar-refractivity contribution in [2.75, 3.05) is 39.3 Å². The summed E-state index contributed by atoms with van der Waals surface area (Å²) >= 11 is 5.95. The molecule has 0 aromatic heterocycles. The molecule has 0 aliphatic carbocycles. The van der Waals surface area contributed by atoms with Crippen LogP contribution in [0.25, 0.3) is 6.08 Å². The third kappa shape index (κ3) is 9.20. The number of carbonyl (C=O) groups excluding carboxylic acids is 2. The maximum Gasteiger partial charge on any atom is 0.244 e. The van der Waals surface area contributed by atoms with Crippen LogP contribution in [0.3, 0.4) is 0 Å². The molecule has 39 heavy (non-hydrogen) atoms. The van der Waals surface area contributed by atoms with Crippen molar-refractivity contribution < 1.29 is 9.59 Å². The van der Waals surface area contributed by atoms with E-state index in [4.69, 9.17) is 11.6 Å². The van der Waals surface area contributed by atoms with Crippen LogP contribution >= 0.6 is 11.6 Å². The average Bonchev–Trinajstić information content (AvgIpc) is 3.12. The number of nitrogens with one attached hydrogen (secondary N) is 2. The number of hydrogen-bond donors (Lipinski definition) is 2. The van der Waals surface area contributed by atoms with Gasteiger partial charge in [0.15, 0.2) is 0 Å². The first-order valence-corrected chi connectivity index (χ1v) is 14.9. The molecule has 3 atom stereocenters. The first-order chi connectivity index (χ1) is 19.0. The fourth-order valence-electron chi connectivity index (χ4n) is 5.62. The number of carbonyl (C=O) groups is 2. The minimum absolute atomic E-state index is 0.0370. The largest absolute Gasteiger partial charge is 0.351 e. The average molecular weight is 551 g/mol. The summed E-state index contributed by atoms with van der Waals surface area (Å²) in [4.78, 5) is 30.9. The third-order valence-corrected chi connectivity index (χ3v) is 8.25. The number of piperidine rings is 1. The summed E-state index contributed by atoms with van der Waals surface area (Å²) in [6.45, 7) is 7.27. The Labute approximate surface area is 238 Å². The minimum atomic E-state index is -0.241. The van der Waals surface area contributed by atoms with E-state index >= 15 is 0 Å². The Morgan fingerprint density at radius 1 is 1.08 bits per heavy atom. The second-order valence-corrected chi connectivity index (χ2v) is 11.3. The zero-order chi connectivity index (χ0) is 27.5. The Morgan fingerprint density at radius 2 is 1.82 bits per heavy atom. The van der Waals surface area contributed by atoms with Gasteiger partial charge in [0.1, 0.15) is 0 Å². The van der Waals surface area contributed by atoms with Crippen molar-refractivity contribution in [3.05, 3.63) is 76.8 Å². The fourth-order valence-corrected chi connectivity index (χ4v) is 5.74. The molecular formula is C32H43ClN4O2. The highest BCUT2D eigenvalue weighted by atomic mass is 35.5. The zero-order valence-corrected chi connectivity index (χ0v) is 23.9. The lowest BCUT2D eigenvalue weighted by Crippen LogP contribution is -2.50. The van der Waals surface area contributed by atoms with Gasteiger partial charge in [0.05, 0.1) is 6.04 Å². The van der Waals surface area contributed by atoms with E-state index in [2.05, 4.69) is 51.6 Å². The van der Waals surface area contributed by atoms with Gasteiger partial charge in [0, 0.05) is 49.2 Å². The number of halogens is 1. The van der Waals surface area contributed by atoms with Crippen molar-refractivity contribution in [2.45, 2.75) is 63.5 Å². The van der Waals surface area contributed by atoms with Crippen molar-refractivity contribution in [3.8, 4) is 0 Å². The summed E-state index contributed by atoms with van der Waals surface area (Å²) < 4.78 is 0. The SMILES string of the molecule is CC[C@H](CN1CC[C@@H](CNC(=O)/C=C/c2ccc(Cl)cc2)N[C@@H](CCN2CCCCC2)C1=O)c1ccccc1. The van der Waals surface area contributed by atoms with Gasteiger partial charge in [-0.25, -0.2) is 0 Å². The number of amides is 2. The molecule has 7 heteroatoms. The van der Waals surface area contributed by atoms with Gasteiger partial charge in [0.25, 0.3) is 0 Å². The lowest BCUT2D eigenvalue weighted by Gasteiger charge is -2.31. The highest BCUT2D eigenvalue weighted by Crippen LogP contribution is 2.23. The molecule has 2 aliphatic heterocycles. The van der Waals surface area contributed by atoms with E-state index < -0.39 is 0 Å². The van der Waals surface area contributed by atoms with Crippen LogP contribution in [-0.4, -0.2) is 73.0 Å². The minimum Gasteiger partial charge on any atom is -0.351 e. The van der Waals surface area contributed by atoms with E-state index in [1.807, 2.05) is 30.3 Å². The summed E-state index contributed by atoms with van der Waals surface area (Å²) in [7, 11) is 0. The van der Waals surface area contributed by atoms with Gasteiger partial charge < -0.3 is 20.4 Å². The Kier molecular flexibility index (Phi) is 11.4. The molecule has 2 aromatic rings. The normalized spacial score (nSPS) is 21.6. The van der Waals surface area contributed by atoms with Crippen molar-refractivity contribution in [3.63, 3.8) is 0 Å². The molecule has 0 radical (unpaired) electrons. The molecule has 0 saturated carbocycles. The second-order valence-electron chi connectivity index (χ2n) is 10.8. The molecule has 2 saturated heterocycles. The van der Waals surface area contributed by atoms with Crippen LogP contribution in [0.4, 0.5) is 0 Å². The van der Waals surface area contributed by atoms with Crippen LogP contribution in [0.2, 0.25) is 5.02 Å². The summed E-state index contributed by atoms with van der Waals surface area (Å²) in [6, 6.07) is 17.7. The molecule has 2 aliphatic rings. The van der Waals surface area contributed by atoms with Crippen LogP contribution in [0.5, 0.6) is 0 Å². The number of rotatable bonds is 11. The molecular weight excluding hydrogens is 508 g/mol. The zero-order valence-electron chi connectivity index (χ0n) is 23.2. The van der Waals surface area contributed by atoms with Gasteiger partial charge in [0.2, 0.25) is 11.8 Å². The van der Waals surface area contributed by atoms with Crippen molar-refractivity contribution in [1.82, 2.24) is 20.4 Å². The van der Waals surface area contributed by atoms with Crippen molar-refractivity contribution >= 4 is 29.5 Å². The summed E-state index contributed by atoms with van der Waals surface area (Å²) in [6.07, 6.45) is 9.70. The van der Waals surface area contributed by atoms with E-state index in [9.17, 15) is 9.59 Å². The lowest BCUT2D eigenvalue weighted by molar-refractivity contribution is -0.133. The number of likely N-dealkylation sites (tertiary alicyclic amines) is 1. The highest BCUT2D eigenvalue weighted by Gasteiger charge is 2.32. The molecule has 6 nitrogen and oxygen atoms in total. The van der Waals surface area contributed by atoms with Gasteiger partial charge in [-0.2, -0.15) is 0 Å². The molecule has 2 heterocycles. The summed E-state index contributed by atoms with van der Waals surface area (Å²) in [5.41, 5.74) is 2.20. The van der Waals surface area contributed by atoms with E-state index in [-0.39, 0.29) is 23.9 Å². The standard InChI is InChI=1S/C32H43ClN4O2/c1-2-26(27-9-5-3-6-10-27)24-37-22-17-29(23-34-31(38)16-13-25-11-14-28(33)15-12-25)35-30(32(37)39)18-21-36-19-7-4-8-20-36/h3,5-6,9-16,26,29-30,35H,2,4,7-8,17-24H2,1H3,(H,34,38)/b16-13+/t26-,29+,30+/m1/s1. The Morgan fingerprint density at radius 3 is 2.54 bits per heavy atom. The fraction of sp³-hybridized carbons (Fsp3) is 0.500. The molecule has 2 N–H and O–H groups in total. The topological polar surface area (TPSA) is 64.7 Å². The molecule has 2 fully saturated rings. The van der Waals surface area contributed by atoms with Gasteiger partial charge in [-0.1, -0.05) is 67.4 Å². The van der Waals surface area contributed by atoms with Crippen LogP contribution in [0.15, 0.2) is 60.7 Å². The van der Waals surface area contributed by atoms with Crippen molar-refractivity contribution in [1.29, 1.82) is 0 Å². The molecule has 2 amide bonds. The molecule has 4 rings (SSSR count). The summed E-state index contributed by atoms with van der Waals surface area (Å²) in [5.74, 6) is 0.365. The first-order valence-electron chi connectivity index (χ1n) is 14.6. The summed E-state index contributed by atoms with van der Waals surface area (Å²) in [5, 5.41) is 7.34.